The van der Waals surface area contributed by atoms with Gasteiger partial charge in [0.05, 0.1) is 37.8 Å². The summed E-state index contributed by atoms with van der Waals surface area (Å²) in [4.78, 5) is 54.9. The normalized spacial score (nSPS) is 22.6. The van der Waals surface area contributed by atoms with E-state index in [1.54, 1.807) is 13.4 Å². The predicted molar refractivity (Wildman–Crippen MR) is 187 cm³/mol. The fraction of sp³-hybridized carbons (Fsp3) is 0.622. The van der Waals surface area contributed by atoms with Crippen LogP contribution >= 0.6 is 0 Å². The first-order chi connectivity index (χ1) is 24.8. The number of methoxy groups -OCH3 is 1. The molecule has 3 saturated heterocycles. The number of hydrogen-bond acceptors (Lipinski definition) is 11. The third-order valence-corrected chi connectivity index (χ3v) is 10.0. The van der Waals surface area contributed by atoms with Crippen LogP contribution in [-0.2, 0) is 35.0 Å². The van der Waals surface area contributed by atoms with E-state index in [0.717, 1.165) is 75.9 Å². The van der Waals surface area contributed by atoms with Gasteiger partial charge in [-0.3, -0.25) is 14.4 Å². The molecule has 5 N–H and O–H groups in total. The van der Waals surface area contributed by atoms with Crippen LogP contribution in [0.2, 0.25) is 0 Å². The van der Waals surface area contributed by atoms with Crippen LogP contribution < -0.4 is 5.32 Å². The Morgan fingerprint density at radius 1 is 0.962 bits per heavy atom. The molecule has 5 rings (SSSR count). The Balaban J connectivity index is 0.000000398. The van der Waals surface area contributed by atoms with E-state index < -0.39 is 36.4 Å². The van der Waals surface area contributed by atoms with Crippen molar-refractivity contribution in [3.8, 4) is 0 Å². The molecule has 0 spiro atoms. The minimum Gasteiger partial charge on any atom is -0.481 e. The Morgan fingerprint density at radius 2 is 1.63 bits per heavy atom. The van der Waals surface area contributed by atoms with Crippen LogP contribution in [0.3, 0.4) is 0 Å². The van der Waals surface area contributed by atoms with Crippen molar-refractivity contribution in [2.45, 2.75) is 114 Å². The second kappa shape index (κ2) is 19.2. The number of benzene rings is 1. The first-order valence-electron chi connectivity index (χ1n) is 17.9. The number of likely N-dealkylation sites (tertiary alicyclic amines) is 1. The van der Waals surface area contributed by atoms with E-state index in [1.807, 2.05) is 11.8 Å². The van der Waals surface area contributed by atoms with Crippen molar-refractivity contribution >= 4 is 23.8 Å². The Labute approximate surface area is 303 Å². The zero-order chi connectivity index (χ0) is 37.8. The molecule has 3 aliphatic rings. The van der Waals surface area contributed by atoms with Crippen LogP contribution in [0, 0.1) is 13.8 Å². The molecular formula is C37H52N4O11. The lowest BCUT2D eigenvalue weighted by Gasteiger charge is -2.38. The highest BCUT2D eigenvalue weighted by Crippen LogP contribution is 2.33. The monoisotopic (exact) mass is 728 g/mol. The fourth-order valence-corrected chi connectivity index (χ4v) is 6.94. The number of nitrogens with one attached hydrogen (secondary N) is 1. The minimum absolute atomic E-state index is 0.0174. The summed E-state index contributed by atoms with van der Waals surface area (Å²) < 4.78 is 17.6. The highest BCUT2D eigenvalue weighted by Gasteiger charge is 2.41. The number of carbonyl (C=O) groups excluding carboxylic acids is 1. The summed E-state index contributed by atoms with van der Waals surface area (Å²) >= 11 is 0. The van der Waals surface area contributed by atoms with Crippen molar-refractivity contribution in [1.82, 2.24) is 20.2 Å². The number of aryl methyl sites for hydroxylation is 2. The molecule has 3 aliphatic heterocycles. The molecule has 4 heterocycles. The van der Waals surface area contributed by atoms with Crippen molar-refractivity contribution in [2.24, 2.45) is 0 Å². The number of carboxylic acids is 3. The van der Waals surface area contributed by atoms with E-state index in [4.69, 9.17) is 34.6 Å². The SMILES string of the molecule is CO[C@H]1COCC[C@H]1NC1CCN(C(=O)c2ncnc(CC[C@H]3CCC[C@@H](c4ccc(C)cc4)O3)c2C)CC1.O=C(O)CC(O)(CC(=O)O)C(=O)O. The van der Waals surface area contributed by atoms with Crippen LogP contribution in [0.15, 0.2) is 30.6 Å². The second-order valence-electron chi connectivity index (χ2n) is 13.9. The quantitative estimate of drug-likeness (QED) is 0.200. The molecule has 3 fully saturated rings. The molecule has 1 amide bonds. The lowest BCUT2D eigenvalue weighted by Crippen LogP contribution is -2.54. The number of carbonyl (C=O) groups is 4. The number of carboxylic acid groups (broad SMARTS) is 3. The molecule has 2 aromatic rings. The number of aromatic nitrogens is 2. The number of ether oxygens (including phenoxy) is 3. The number of piperidine rings is 1. The Kier molecular flexibility index (Phi) is 15.0. The van der Waals surface area contributed by atoms with E-state index in [9.17, 15) is 19.2 Å². The van der Waals surface area contributed by atoms with E-state index in [2.05, 4.69) is 46.5 Å². The summed E-state index contributed by atoms with van der Waals surface area (Å²) in [5.41, 5.74) is 2.19. The van der Waals surface area contributed by atoms with Crippen molar-refractivity contribution in [1.29, 1.82) is 0 Å². The van der Waals surface area contributed by atoms with Crippen LogP contribution in [0.5, 0.6) is 0 Å². The minimum atomic E-state index is -2.74. The Bertz CT molecular complexity index is 1500. The van der Waals surface area contributed by atoms with E-state index in [0.29, 0.717) is 24.4 Å². The van der Waals surface area contributed by atoms with Crippen LogP contribution in [-0.4, -0.2) is 122 Å². The largest absolute Gasteiger partial charge is 0.481 e. The number of aliphatic carboxylic acids is 3. The topological polar surface area (TPSA) is 218 Å². The molecule has 286 valence electrons. The molecule has 0 saturated carbocycles. The average molecular weight is 729 g/mol. The molecule has 15 nitrogen and oxygen atoms in total. The van der Waals surface area contributed by atoms with Crippen LogP contribution in [0.25, 0.3) is 0 Å². The molecule has 15 heteroatoms. The Hall–Kier alpha value is -4.02. The van der Waals surface area contributed by atoms with Crippen molar-refractivity contribution in [2.75, 3.05) is 33.4 Å². The maximum Gasteiger partial charge on any atom is 0.336 e. The van der Waals surface area contributed by atoms with Gasteiger partial charge in [0.15, 0.2) is 5.60 Å². The first-order valence-corrected chi connectivity index (χ1v) is 17.9. The molecule has 0 aliphatic carbocycles. The van der Waals surface area contributed by atoms with E-state index in [-0.39, 0.29) is 24.2 Å². The first kappa shape index (κ1) is 40.7. The summed E-state index contributed by atoms with van der Waals surface area (Å²) in [6.07, 6.45) is 7.54. The van der Waals surface area contributed by atoms with Gasteiger partial charge in [0.25, 0.3) is 5.91 Å². The summed E-state index contributed by atoms with van der Waals surface area (Å²) in [7, 11) is 1.75. The van der Waals surface area contributed by atoms with Crippen LogP contribution in [0.4, 0.5) is 0 Å². The number of aliphatic hydroxyl groups is 1. The average Bonchev–Trinajstić information content (AvgIpc) is 3.11. The summed E-state index contributed by atoms with van der Waals surface area (Å²) in [6, 6.07) is 9.39. The van der Waals surface area contributed by atoms with Gasteiger partial charge in [0, 0.05) is 50.1 Å². The van der Waals surface area contributed by atoms with E-state index >= 15 is 0 Å². The summed E-state index contributed by atoms with van der Waals surface area (Å²) in [6.45, 7) is 6.97. The fourth-order valence-electron chi connectivity index (χ4n) is 6.94. The number of amides is 1. The highest BCUT2D eigenvalue weighted by molar-refractivity contribution is 5.94. The number of hydrogen-bond donors (Lipinski definition) is 5. The molecule has 0 unspecified atom stereocenters. The third kappa shape index (κ3) is 11.5. The Morgan fingerprint density at radius 3 is 2.25 bits per heavy atom. The van der Waals surface area contributed by atoms with Gasteiger partial charge in [0.1, 0.15) is 12.0 Å². The van der Waals surface area contributed by atoms with Gasteiger partial charge < -0.3 is 44.9 Å². The maximum absolute atomic E-state index is 13.5. The molecule has 0 radical (unpaired) electrons. The third-order valence-electron chi connectivity index (χ3n) is 10.0. The number of nitrogens with zero attached hydrogens (tertiary/aromatic N) is 3. The van der Waals surface area contributed by atoms with Gasteiger partial charge in [-0.05, 0) is 70.8 Å². The van der Waals surface area contributed by atoms with Crippen molar-refractivity contribution < 1.29 is 53.8 Å². The smallest absolute Gasteiger partial charge is 0.336 e. The maximum atomic E-state index is 13.5. The molecule has 0 bridgehead atoms. The van der Waals surface area contributed by atoms with Crippen LogP contribution in [0.1, 0.15) is 96.8 Å². The van der Waals surface area contributed by atoms with Gasteiger partial charge in [-0.25, -0.2) is 14.8 Å². The molecule has 1 aromatic carbocycles. The number of rotatable bonds is 13. The molecule has 4 atom stereocenters. The highest BCUT2D eigenvalue weighted by atomic mass is 16.5. The van der Waals surface area contributed by atoms with Gasteiger partial charge in [0.2, 0.25) is 0 Å². The summed E-state index contributed by atoms with van der Waals surface area (Å²) in [5, 5.41) is 37.6. The predicted octanol–water partition coefficient (Wildman–Crippen LogP) is 3.09. The van der Waals surface area contributed by atoms with Gasteiger partial charge in [-0.2, -0.15) is 0 Å². The van der Waals surface area contributed by atoms with Gasteiger partial charge >= 0.3 is 17.9 Å². The van der Waals surface area contributed by atoms with E-state index in [1.165, 1.54) is 17.5 Å². The lowest BCUT2D eigenvalue weighted by atomic mass is 9.95. The summed E-state index contributed by atoms with van der Waals surface area (Å²) in [5.74, 6) is -5.00. The van der Waals surface area contributed by atoms with Crippen molar-refractivity contribution in [3.05, 3.63) is 58.7 Å². The molecular weight excluding hydrogens is 676 g/mol. The van der Waals surface area contributed by atoms with Crippen molar-refractivity contribution in [3.63, 3.8) is 0 Å². The molecule has 52 heavy (non-hydrogen) atoms. The zero-order valence-electron chi connectivity index (χ0n) is 30.2. The standard InChI is InChI=1S/C31H44N4O4.C6H8O7/c1-21-7-9-23(10-8-21)28-6-4-5-25(39-28)11-12-26-22(2)30(33-20-32-26)31(36)35-16-13-24(14-17-35)34-27-15-18-38-19-29(27)37-3;7-3(8)1-6(13,5(11)12)2-4(9)10/h7-10,20,24-25,27-29,34H,4-6,11-19H2,1-3H3;13H,1-2H2,(H,7,8)(H,9,10)(H,11,12)/t25-,27-,28+,29+;/m1./s1. The molecule has 1 aromatic heterocycles. The second-order valence-corrected chi connectivity index (χ2v) is 13.9. The van der Waals surface area contributed by atoms with Gasteiger partial charge in [-0.15, -0.1) is 0 Å². The zero-order valence-corrected chi connectivity index (χ0v) is 30.2. The van der Waals surface area contributed by atoms with Gasteiger partial charge in [-0.1, -0.05) is 29.8 Å². The lowest BCUT2D eigenvalue weighted by molar-refractivity contribution is -0.170.